The molecule has 0 bridgehead atoms. The van der Waals surface area contributed by atoms with Crippen molar-refractivity contribution in [2.24, 2.45) is 0 Å². The van der Waals surface area contributed by atoms with Gasteiger partial charge in [-0.3, -0.25) is 14.5 Å². The fraction of sp³-hybridized carbons (Fsp3) is 0.206. The molecule has 0 aromatic heterocycles. The zero-order valence-electron chi connectivity index (χ0n) is 23.6. The van der Waals surface area contributed by atoms with E-state index < -0.39 is 0 Å². The van der Waals surface area contributed by atoms with E-state index in [0.717, 1.165) is 36.3 Å². The number of amides is 2. The highest BCUT2D eigenvalue weighted by Gasteiger charge is 2.19. The van der Waals surface area contributed by atoms with Crippen molar-refractivity contribution in [2.75, 3.05) is 26.1 Å². The Labute approximate surface area is 245 Å². The molecule has 212 valence electrons. The van der Waals surface area contributed by atoms with Gasteiger partial charge in [0, 0.05) is 43.0 Å². The fourth-order valence-electron chi connectivity index (χ4n) is 5.12. The van der Waals surface area contributed by atoms with E-state index in [2.05, 4.69) is 27.7 Å². The Balaban J connectivity index is 1.21. The minimum atomic E-state index is -0.259. The van der Waals surface area contributed by atoms with E-state index in [1.807, 2.05) is 42.5 Å². The summed E-state index contributed by atoms with van der Waals surface area (Å²) in [5.74, 6) is 0.539. The Morgan fingerprint density at radius 1 is 0.857 bits per heavy atom. The predicted octanol–water partition coefficient (Wildman–Crippen LogP) is 5.32. The summed E-state index contributed by atoms with van der Waals surface area (Å²) < 4.78 is 10.5. The summed E-state index contributed by atoms with van der Waals surface area (Å²) in [5, 5.41) is 15.3. The second kappa shape index (κ2) is 13.0. The first kappa shape index (κ1) is 28.4. The maximum atomic E-state index is 13.1. The minimum Gasteiger partial charge on any atom is -0.493 e. The van der Waals surface area contributed by atoms with E-state index in [-0.39, 0.29) is 18.4 Å². The van der Waals surface area contributed by atoms with Crippen molar-refractivity contribution in [1.29, 1.82) is 5.26 Å². The number of carbonyl (C=O) groups is 2. The van der Waals surface area contributed by atoms with Gasteiger partial charge in [0.1, 0.15) is 0 Å². The molecule has 1 aliphatic rings. The van der Waals surface area contributed by atoms with Gasteiger partial charge >= 0.3 is 0 Å². The second-order valence-corrected chi connectivity index (χ2v) is 10.1. The average molecular weight is 561 g/mol. The SMILES string of the molecule is COc1ccc(C(=O)NCc2cccc(C(=O)Nc3ccc4c(c3)CN(Cc3ccccc3C#N)CC4)c2)cc1OC. The van der Waals surface area contributed by atoms with Gasteiger partial charge in [0.05, 0.1) is 25.9 Å². The lowest BCUT2D eigenvalue weighted by atomic mass is 9.98. The maximum Gasteiger partial charge on any atom is 0.255 e. The number of rotatable bonds is 9. The van der Waals surface area contributed by atoms with Crippen molar-refractivity contribution in [3.05, 3.63) is 124 Å². The summed E-state index contributed by atoms with van der Waals surface area (Å²) in [5.41, 5.74) is 6.63. The molecule has 0 saturated carbocycles. The summed E-state index contributed by atoms with van der Waals surface area (Å²) in [4.78, 5) is 28.2. The molecule has 0 spiro atoms. The van der Waals surface area contributed by atoms with Gasteiger partial charge in [-0.25, -0.2) is 0 Å². The van der Waals surface area contributed by atoms with Gasteiger partial charge in [-0.15, -0.1) is 0 Å². The molecular formula is C34H32N4O4. The van der Waals surface area contributed by atoms with Crippen LogP contribution < -0.4 is 20.1 Å². The minimum absolute atomic E-state index is 0.223. The average Bonchev–Trinajstić information content (AvgIpc) is 3.03. The molecule has 8 nitrogen and oxygen atoms in total. The first-order valence-corrected chi connectivity index (χ1v) is 13.7. The van der Waals surface area contributed by atoms with Crippen LogP contribution in [-0.2, 0) is 26.1 Å². The van der Waals surface area contributed by atoms with Crippen molar-refractivity contribution in [3.63, 3.8) is 0 Å². The number of anilines is 1. The molecule has 0 fully saturated rings. The van der Waals surface area contributed by atoms with E-state index in [1.165, 1.54) is 18.2 Å². The molecule has 2 amide bonds. The number of ether oxygens (including phenoxy) is 2. The standard InChI is InChI=1S/C34H32N4O4/c1-41-31-13-11-26(18-32(31)42-2)33(39)36-20-23-6-5-9-25(16-23)34(40)37-30-12-10-24-14-15-38(22-29(24)17-30)21-28-8-4-3-7-27(28)19-35/h3-13,16-18H,14-15,20-22H2,1-2H3,(H,36,39)(H,37,40). The molecule has 0 aliphatic carbocycles. The molecule has 1 heterocycles. The zero-order chi connectivity index (χ0) is 29.5. The topological polar surface area (TPSA) is 104 Å². The number of nitrogens with zero attached hydrogens (tertiary/aromatic N) is 2. The van der Waals surface area contributed by atoms with Crippen molar-refractivity contribution in [3.8, 4) is 17.6 Å². The predicted molar refractivity (Wildman–Crippen MR) is 161 cm³/mol. The molecule has 4 aromatic carbocycles. The Morgan fingerprint density at radius 2 is 1.67 bits per heavy atom. The van der Waals surface area contributed by atoms with E-state index in [4.69, 9.17) is 9.47 Å². The summed E-state index contributed by atoms with van der Waals surface area (Å²) >= 11 is 0. The Kier molecular flexibility index (Phi) is 8.81. The van der Waals surface area contributed by atoms with Crippen LogP contribution in [0.15, 0.2) is 84.9 Å². The summed E-state index contributed by atoms with van der Waals surface area (Å²) in [6, 6.07) is 28.2. The first-order valence-electron chi connectivity index (χ1n) is 13.7. The first-order chi connectivity index (χ1) is 20.5. The molecule has 0 unspecified atom stereocenters. The monoisotopic (exact) mass is 560 g/mol. The number of hydrogen-bond acceptors (Lipinski definition) is 6. The highest BCUT2D eigenvalue weighted by Crippen LogP contribution is 2.28. The number of fused-ring (bicyclic) bond motifs is 1. The van der Waals surface area contributed by atoms with Crippen molar-refractivity contribution >= 4 is 17.5 Å². The van der Waals surface area contributed by atoms with Gasteiger partial charge in [-0.2, -0.15) is 5.26 Å². The molecular weight excluding hydrogens is 528 g/mol. The number of nitriles is 1. The quantitative estimate of drug-likeness (QED) is 0.287. The van der Waals surface area contributed by atoms with Crippen molar-refractivity contribution in [2.45, 2.75) is 26.1 Å². The number of hydrogen-bond donors (Lipinski definition) is 2. The highest BCUT2D eigenvalue weighted by atomic mass is 16.5. The largest absolute Gasteiger partial charge is 0.493 e. The van der Waals surface area contributed by atoms with Crippen LogP contribution in [0.4, 0.5) is 5.69 Å². The third-order valence-electron chi connectivity index (χ3n) is 7.38. The van der Waals surface area contributed by atoms with E-state index >= 15 is 0 Å². The molecule has 5 rings (SSSR count). The number of methoxy groups -OCH3 is 2. The lowest BCUT2D eigenvalue weighted by Gasteiger charge is -2.29. The van der Waals surface area contributed by atoms with Crippen molar-refractivity contribution < 1.29 is 19.1 Å². The molecule has 0 radical (unpaired) electrons. The van der Waals surface area contributed by atoms with E-state index in [1.54, 1.807) is 43.5 Å². The van der Waals surface area contributed by atoms with Crippen LogP contribution >= 0.6 is 0 Å². The van der Waals surface area contributed by atoms with E-state index in [9.17, 15) is 14.9 Å². The van der Waals surface area contributed by atoms with Crippen LogP contribution in [0.2, 0.25) is 0 Å². The van der Waals surface area contributed by atoms with Crippen LogP contribution in [-0.4, -0.2) is 37.5 Å². The molecule has 0 saturated heterocycles. The number of carbonyl (C=O) groups excluding carboxylic acids is 2. The zero-order valence-corrected chi connectivity index (χ0v) is 23.6. The van der Waals surface area contributed by atoms with E-state index in [0.29, 0.717) is 34.7 Å². The molecule has 8 heteroatoms. The van der Waals surface area contributed by atoms with Gasteiger partial charge in [0.2, 0.25) is 0 Å². The Morgan fingerprint density at radius 3 is 2.48 bits per heavy atom. The molecule has 42 heavy (non-hydrogen) atoms. The third kappa shape index (κ3) is 6.60. The van der Waals surface area contributed by atoms with Crippen LogP contribution in [0.1, 0.15) is 48.5 Å². The van der Waals surface area contributed by atoms with Gasteiger partial charge < -0.3 is 20.1 Å². The van der Waals surface area contributed by atoms with Crippen LogP contribution in [0, 0.1) is 11.3 Å². The lowest BCUT2D eigenvalue weighted by molar-refractivity contribution is 0.0950. The summed E-state index contributed by atoms with van der Waals surface area (Å²) in [6.45, 7) is 2.62. The third-order valence-corrected chi connectivity index (χ3v) is 7.38. The van der Waals surface area contributed by atoms with Crippen LogP contribution in [0.25, 0.3) is 0 Å². The highest BCUT2D eigenvalue weighted by molar-refractivity contribution is 6.04. The number of nitrogens with one attached hydrogen (secondary N) is 2. The van der Waals surface area contributed by atoms with Gasteiger partial charge in [0.15, 0.2) is 11.5 Å². The van der Waals surface area contributed by atoms with Crippen LogP contribution in [0.5, 0.6) is 11.5 Å². The molecule has 2 N–H and O–H groups in total. The lowest BCUT2D eigenvalue weighted by Crippen LogP contribution is -2.30. The van der Waals surface area contributed by atoms with Crippen LogP contribution in [0.3, 0.4) is 0 Å². The van der Waals surface area contributed by atoms with Crippen molar-refractivity contribution in [1.82, 2.24) is 10.2 Å². The molecule has 4 aromatic rings. The normalized spacial score (nSPS) is 12.5. The fourth-order valence-corrected chi connectivity index (χ4v) is 5.12. The second-order valence-electron chi connectivity index (χ2n) is 10.1. The maximum absolute atomic E-state index is 13.1. The Bertz CT molecular complexity index is 1660. The Hall–Kier alpha value is -5.13. The smallest absolute Gasteiger partial charge is 0.255 e. The van der Waals surface area contributed by atoms with Gasteiger partial charge in [-0.05, 0) is 77.2 Å². The molecule has 1 aliphatic heterocycles. The summed E-state index contributed by atoms with van der Waals surface area (Å²) in [7, 11) is 3.06. The van der Waals surface area contributed by atoms with Gasteiger partial charge in [0.25, 0.3) is 11.8 Å². The summed E-state index contributed by atoms with van der Waals surface area (Å²) in [6.07, 6.45) is 0.912. The van der Waals surface area contributed by atoms with Gasteiger partial charge in [-0.1, -0.05) is 36.4 Å². The number of benzene rings is 4. The molecule has 0 atom stereocenters.